The van der Waals surface area contributed by atoms with Gasteiger partial charge in [-0.05, 0) is 25.7 Å². The molecule has 1 unspecified atom stereocenters. The van der Waals surface area contributed by atoms with Gasteiger partial charge in [-0.1, -0.05) is 20.8 Å². The Balaban J connectivity index is 4.59. The fourth-order valence-electron chi connectivity index (χ4n) is 1.30. The average molecular weight is 230 g/mol. The van der Waals surface area contributed by atoms with Crippen molar-refractivity contribution in [3.8, 4) is 0 Å². The van der Waals surface area contributed by atoms with Crippen molar-refractivity contribution in [1.29, 1.82) is 0 Å². The Hall–Kier alpha value is -0.610. The summed E-state index contributed by atoms with van der Waals surface area (Å²) in [5, 5.41) is 12.0. The van der Waals surface area contributed by atoms with Gasteiger partial charge in [0.25, 0.3) is 0 Å². The molecule has 0 aromatic rings. The largest absolute Gasteiger partial charge is 0.396 e. The molecule has 0 spiro atoms. The molecule has 1 amide bonds. The van der Waals surface area contributed by atoms with E-state index in [-0.39, 0.29) is 24.0 Å². The molecule has 0 aliphatic rings. The zero-order chi connectivity index (χ0) is 13.0. The van der Waals surface area contributed by atoms with Crippen molar-refractivity contribution in [1.82, 2.24) is 5.32 Å². The topological polar surface area (TPSA) is 75.4 Å². The van der Waals surface area contributed by atoms with Gasteiger partial charge in [0, 0.05) is 19.2 Å². The highest BCUT2D eigenvalue weighted by atomic mass is 16.3. The third-order valence-corrected chi connectivity index (χ3v) is 2.89. The standard InChI is InChI=1S/C12H26N2O2/c1-11(2,3)9(6-7-15)14-10(16)12(4,5)8-13/h9,15H,6-8,13H2,1-5H3,(H,14,16). The fourth-order valence-corrected chi connectivity index (χ4v) is 1.30. The summed E-state index contributed by atoms with van der Waals surface area (Å²) >= 11 is 0. The van der Waals surface area contributed by atoms with Crippen LogP contribution in [-0.4, -0.2) is 30.2 Å². The van der Waals surface area contributed by atoms with Gasteiger partial charge in [-0.15, -0.1) is 0 Å². The van der Waals surface area contributed by atoms with E-state index >= 15 is 0 Å². The first-order valence-electron chi connectivity index (χ1n) is 5.77. The molecule has 0 saturated carbocycles. The van der Waals surface area contributed by atoms with Gasteiger partial charge in [0.15, 0.2) is 0 Å². The molecule has 1 atom stereocenters. The lowest BCUT2D eigenvalue weighted by Gasteiger charge is -2.34. The molecule has 0 saturated heterocycles. The molecule has 0 aromatic heterocycles. The molecule has 4 nitrogen and oxygen atoms in total. The lowest BCUT2D eigenvalue weighted by Crippen LogP contribution is -2.50. The molecule has 0 aliphatic heterocycles. The minimum atomic E-state index is -0.557. The Morgan fingerprint density at radius 1 is 1.31 bits per heavy atom. The Morgan fingerprint density at radius 2 is 1.81 bits per heavy atom. The lowest BCUT2D eigenvalue weighted by atomic mass is 9.83. The number of aliphatic hydroxyl groups excluding tert-OH is 1. The van der Waals surface area contributed by atoms with Crippen molar-refractivity contribution in [3.63, 3.8) is 0 Å². The minimum absolute atomic E-state index is 0.0316. The van der Waals surface area contributed by atoms with Crippen LogP contribution in [0.5, 0.6) is 0 Å². The van der Waals surface area contributed by atoms with Crippen LogP contribution in [0.15, 0.2) is 0 Å². The maximum atomic E-state index is 12.0. The van der Waals surface area contributed by atoms with Crippen molar-refractivity contribution in [2.75, 3.05) is 13.2 Å². The average Bonchev–Trinajstić information content (AvgIpc) is 2.15. The van der Waals surface area contributed by atoms with Gasteiger partial charge >= 0.3 is 0 Å². The molecule has 0 radical (unpaired) electrons. The second-order valence-corrected chi connectivity index (χ2v) is 5.99. The zero-order valence-corrected chi connectivity index (χ0v) is 11.1. The smallest absolute Gasteiger partial charge is 0.227 e. The third kappa shape index (κ3) is 4.49. The summed E-state index contributed by atoms with van der Waals surface area (Å²) in [6.45, 7) is 10.2. The predicted octanol–water partition coefficient (Wildman–Crippen LogP) is 0.885. The second-order valence-electron chi connectivity index (χ2n) is 5.99. The summed E-state index contributed by atoms with van der Waals surface area (Å²) in [6.07, 6.45) is 0.565. The van der Waals surface area contributed by atoms with Crippen molar-refractivity contribution in [3.05, 3.63) is 0 Å². The molecule has 0 aliphatic carbocycles. The fraction of sp³-hybridized carbons (Fsp3) is 0.917. The van der Waals surface area contributed by atoms with Gasteiger partial charge in [0.05, 0.1) is 5.41 Å². The quantitative estimate of drug-likeness (QED) is 0.656. The Morgan fingerprint density at radius 3 is 2.12 bits per heavy atom. The first-order chi connectivity index (χ1) is 7.15. The summed E-state index contributed by atoms with van der Waals surface area (Å²) in [5.74, 6) is -0.0524. The van der Waals surface area contributed by atoms with Gasteiger partial charge in [0.2, 0.25) is 5.91 Å². The van der Waals surface area contributed by atoms with Crippen LogP contribution in [0.4, 0.5) is 0 Å². The number of hydrogen-bond acceptors (Lipinski definition) is 3. The van der Waals surface area contributed by atoms with Crippen LogP contribution < -0.4 is 11.1 Å². The van der Waals surface area contributed by atoms with E-state index in [1.165, 1.54) is 0 Å². The summed E-state index contributed by atoms with van der Waals surface area (Å²) < 4.78 is 0. The first kappa shape index (κ1) is 15.4. The lowest BCUT2D eigenvalue weighted by molar-refractivity contribution is -0.130. The van der Waals surface area contributed by atoms with Crippen LogP contribution in [0.25, 0.3) is 0 Å². The Kier molecular flexibility index (Phi) is 5.42. The van der Waals surface area contributed by atoms with E-state index in [2.05, 4.69) is 5.32 Å². The first-order valence-corrected chi connectivity index (χ1v) is 5.77. The SMILES string of the molecule is CC(C)(CN)C(=O)NC(CCO)C(C)(C)C. The van der Waals surface area contributed by atoms with Crippen molar-refractivity contribution < 1.29 is 9.90 Å². The van der Waals surface area contributed by atoms with Crippen LogP contribution in [0.3, 0.4) is 0 Å². The number of nitrogens with one attached hydrogen (secondary N) is 1. The number of carbonyl (C=O) groups excluding carboxylic acids is 1. The van der Waals surface area contributed by atoms with Crippen LogP contribution in [0, 0.1) is 10.8 Å². The maximum Gasteiger partial charge on any atom is 0.227 e. The van der Waals surface area contributed by atoms with E-state index in [0.717, 1.165) is 0 Å². The van der Waals surface area contributed by atoms with Gasteiger partial charge in [0.1, 0.15) is 0 Å². The van der Waals surface area contributed by atoms with Crippen LogP contribution in [-0.2, 0) is 4.79 Å². The van der Waals surface area contributed by atoms with E-state index in [4.69, 9.17) is 10.8 Å². The van der Waals surface area contributed by atoms with Gasteiger partial charge in [-0.2, -0.15) is 0 Å². The van der Waals surface area contributed by atoms with Crippen molar-refractivity contribution in [2.45, 2.75) is 47.1 Å². The molecular formula is C12H26N2O2. The summed E-state index contributed by atoms with van der Waals surface area (Å²) in [7, 11) is 0. The number of aliphatic hydroxyl groups is 1. The van der Waals surface area contributed by atoms with E-state index in [1.54, 1.807) is 0 Å². The summed E-state index contributed by atoms with van der Waals surface area (Å²) in [6, 6.07) is -0.0316. The molecule has 0 aromatic carbocycles. The van der Waals surface area contributed by atoms with Gasteiger partial charge < -0.3 is 16.2 Å². The van der Waals surface area contributed by atoms with E-state index < -0.39 is 5.41 Å². The summed E-state index contributed by atoms with van der Waals surface area (Å²) in [5.41, 5.74) is 4.93. The zero-order valence-electron chi connectivity index (χ0n) is 11.1. The highest BCUT2D eigenvalue weighted by Gasteiger charge is 2.31. The minimum Gasteiger partial charge on any atom is -0.396 e. The number of nitrogens with two attached hydrogens (primary N) is 1. The van der Waals surface area contributed by atoms with Gasteiger partial charge in [-0.3, -0.25) is 4.79 Å². The number of amides is 1. The van der Waals surface area contributed by atoms with E-state index in [1.807, 2.05) is 34.6 Å². The van der Waals surface area contributed by atoms with Crippen molar-refractivity contribution in [2.24, 2.45) is 16.6 Å². The molecule has 0 bridgehead atoms. The molecule has 16 heavy (non-hydrogen) atoms. The van der Waals surface area contributed by atoms with Gasteiger partial charge in [-0.25, -0.2) is 0 Å². The second kappa shape index (κ2) is 5.64. The maximum absolute atomic E-state index is 12.0. The molecule has 4 heteroatoms. The Bertz CT molecular complexity index is 232. The number of hydrogen-bond donors (Lipinski definition) is 3. The van der Waals surface area contributed by atoms with Crippen molar-refractivity contribution >= 4 is 5.91 Å². The van der Waals surface area contributed by atoms with Crippen LogP contribution in [0.1, 0.15) is 41.0 Å². The van der Waals surface area contributed by atoms with Crippen LogP contribution >= 0.6 is 0 Å². The highest BCUT2D eigenvalue weighted by Crippen LogP contribution is 2.23. The van der Waals surface area contributed by atoms with E-state index in [9.17, 15) is 4.79 Å². The molecule has 0 fully saturated rings. The monoisotopic (exact) mass is 230 g/mol. The number of carbonyl (C=O) groups is 1. The normalized spacial score (nSPS) is 14.7. The molecule has 0 heterocycles. The predicted molar refractivity (Wildman–Crippen MR) is 65.9 cm³/mol. The third-order valence-electron chi connectivity index (χ3n) is 2.89. The van der Waals surface area contributed by atoms with E-state index in [0.29, 0.717) is 13.0 Å². The molecular weight excluding hydrogens is 204 g/mol. The highest BCUT2D eigenvalue weighted by molar-refractivity contribution is 5.82. The van der Waals surface area contributed by atoms with Crippen LogP contribution in [0.2, 0.25) is 0 Å². The Labute approximate surface area is 98.6 Å². The summed E-state index contributed by atoms with van der Waals surface area (Å²) in [4.78, 5) is 12.0. The molecule has 96 valence electrons. The molecule has 4 N–H and O–H groups in total. The molecule has 0 rings (SSSR count). The number of rotatable bonds is 5.